The van der Waals surface area contributed by atoms with Gasteiger partial charge in [-0.3, -0.25) is 14.5 Å². The molecule has 4 aromatic rings. The summed E-state index contributed by atoms with van der Waals surface area (Å²) in [4.78, 5) is 45.6. The van der Waals surface area contributed by atoms with Crippen molar-refractivity contribution < 1.29 is 19.1 Å². The molecule has 0 unspecified atom stereocenters. The number of H-pyrrole nitrogens is 1. The van der Waals surface area contributed by atoms with Gasteiger partial charge in [0, 0.05) is 41.4 Å². The van der Waals surface area contributed by atoms with E-state index in [0.29, 0.717) is 42.3 Å². The van der Waals surface area contributed by atoms with Crippen LogP contribution in [0.5, 0.6) is 0 Å². The first kappa shape index (κ1) is 34.0. The van der Waals surface area contributed by atoms with E-state index in [-0.39, 0.29) is 24.2 Å². The number of benzene rings is 2. The second kappa shape index (κ2) is 14.6. The molecular weight excluding hydrogens is 610 g/mol. The summed E-state index contributed by atoms with van der Waals surface area (Å²) in [5, 5.41) is 17.0. The second-order valence-electron chi connectivity index (χ2n) is 13.3. The summed E-state index contributed by atoms with van der Waals surface area (Å²) in [6, 6.07) is 17.7. The van der Waals surface area contributed by atoms with Gasteiger partial charge in [-0.05, 0) is 112 Å². The van der Waals surface area contributed by atoms with Gasteiger partial charge in [0.05, 0.1) is 0 Å². The summed E-state index contributed by atoms with van der Waals surface area (Å²) in [6.45, 7) is 7.84. The normalized spacial score (nSPS) is 16.9. The van der Waals surface area contributed by atoms with Gasteiger partial charge in [-0.1, -0.05) is 24.3 Å². The summed E-state index contributed by atoms with van der Waals surface area (Å²) < 4.78 is 5.36. The van der Waals surface area contributed by atoms with Crippen molar-refractivity contribution >= 4 is 29.4 Å². The van der Waals surface area contributed by atoms with E-state index in [1.165, 1.54) is 0 Å². The van der Waals surface area contributed by atoms with Gasteiger partial charge in [-0.25, -0.2) is 9.78 Å². The van der Waals surface area contributed by atoms with Crippen molar-refractivity contribution in [2.45, 2.75) is 71.4 Å². The van der Waals surface area contributed by atoms with Crippen LogP contribution in [-0.4, -0.2) is 61.7 Å². The van der Waals surface area contributed by atoms with Crippen LogP contribution in [0.3, 0.4) is 0 Å². The van der Waals surface area contributed by atoms with Crippen LogP contribution in [0.1, 0.15) is 57.7 Å². The van der Waals surface area contributed by atoms with E-state index in [0.717, 1.165) is 35.2 Å². The van der Waals surface area contributed by atoms with Crippen molar-refractivity contribution in [1.82, 2.24) is 30.9 Å². The van der Waals surface area contributed by atoms with Gasteiger partial charge in [0.25, 0.3) is 0 Å². The Labute approximate surface area is 279 Å². The van der Waals surface area contributed by atoms with Gasteiger partial charge >= 0.3 is 6.09 Å². The molecule has 6 N–H and O–H groups in total. The van der Waals surface area contributed by atoms with Crippen LogP contribution in [0.4, 0.5) is 16.3 Å². The first-order chi connectivity index (χ1) is 22.9. The molecule has 2 aromatic heterocycles. The summed E-state index contributed by atoms with van der Waals surface area (Å²) in [5.41, 5.74) is 16.1. The fourth-order valence-corrected chi connectivity index (χ4v) is 6.12. The number of aryl methyl sites for hydroxylation is 1. The standard InChI is InChI=1S/C35H43N9O4/c1-21-28(17-18-30(36)39-21)24-9-5-22(6-10-24)19-29(31(37)45)44(27-15-13-25(14-16-27)32-40-42-43-41-32)33(46)26-11-7-23(8-12-26)20-38-34(47)48-35(2,3)4/h5-6,9-10,13-18,23,26,29H,7-8,11-12,19-20H2,1-4H3,(H2,36,39)(H2,37,45)(H,38,47)(H,40,41,42,43)/t23?,26?,29-/m0/s1. The molecule has 1 fully saturated rings. The largest absolute Gasteiger partial charge is 0.444 e. The number of hydrogen-bond donors (Lipinski definition) is 4. The van der Waals surface area contributed by atoms with E-state index in [1.807, 2.05) is 58.0 Å². The Kier molecular flexibility index (Phi) is 10.4. The Morgan fingerprint density at radius 2 is 1.65 bits per heavy atom. The third-order valence-electron chi connectivity index (χ3n) is 8.56. The molecule has 13 nitrogen and oxygen atoms in total. The van der Waals surface area contributed by atoms with Crippen molar-refractivity contribution in [2.24, 2.45) is 17.6 Å². The van der Waals surface area contributed by atoms with Crippen LogP contribution in [-0.2, 0) is 20.7 Å². The number of hydrogen-bond acceptors (Lipinski definition) is 9. The van der Waals surface area contributed by atoms with Crippen LogP contribution >= 0.6 is 0 Å². The lowest BCUT2D eigenvalue weighted by atomic mass is 9.81. The molecule has 1 aliphatic rings. The zero-order valence-corrected chi connectivity index (χ0v) is 27.8. The number of carbonyl (C=O) groups excluding carboxylic acids is 3. The average molecular weight is 654 g/mol. The third kappa shape index (κ3) is 8.52. The average Bonchev–Trinajstić information content (AvgIpc) is 3.59. The maximum Gasteiger partial charge on any atom is 0.407 e. The minimum absolute atomic E-state index is 0.162. The zero-order chi connectivity index (χ0) is 34.4. The number of anilines is 2. The van der Waals surface area contributed by atoms with Crippen LogP contribution < -0.4 is 21.7 Å². The van der Waals surface area contributed by atoms with Crippen molar-refractivity contribution in [2.75, 3.05) is 17.2 Å². The number of pyridine rings is 1. The molecule has 0 radical (unpaired) electrons. The molecule has 0 saturated heterocycles. The quantitative estimate of drug-likeness (QED) is 0.189. The highest BCUT2D eigenvalue weighted by Gasteiger charge is 2.36. The predicted molar refractivity (Wildman–Crippen MR) is 182 cm³/mol. The molecule has 0 aliphatic heterocycles. The van der Waals surface area contributed by atoms with Crippen LogP contribution in [0.15, 0.2) is 60.7 Å². The molecule has 0 spiro atoms. The minimum atomic E-state index is -0.939. The van der Waals surface area contributed by atoms with Gasteiger partial charge in [-0.2, -0.15) is 5.21 Å². The van der Waals surface area contributed by atoms with Crippen LogP contribution in [0.25, 0.3) is 22.5 Å². The topological polar surface area (TPSA) is 195 Å². The number of alkyl carbamates (subject to hydrolysis) is 1. The van der Waals surface area contributed by atoms with E-state index in [2.05, 4.69) is 30.9 Å². The maximum atomic E-state index is 14.4. The highest BCUT2D eigenvalue weighted by atomic mass is 16.6. The summed E-state index contributed by atoms with van der Waals surface area (Å²) in [6.07, 6.45) is 2.51. The SMILES string of the molecule is Cc1nc(N)ccc1-c1ccc(C[C@@H](C(N)=O)N(C(=O)C2CCC(CNC(=O)OC(C)(C)C)CC2)c2ccc(-c3nn[nH]n3)cc2)cc1. The molecular formula is C35H43N9O4. The van der Waals surface area contributed by atoms with Gasteiger partial charge in [0.15, 0.2) is 0 Å². The molecule has 3 amide bonds. The molecule has 2 aromatic carbocycles. The number of nitrogens with two attached hydrogens (primary N) is 2. The van der Waals surface area contributed by atoms with E-state index >= 15 is 0 Å². The highest BCUT2D eigenvalue weighted by molar-refractivity contribution is 6.01. The molecule has 2 heterocycles. The smallest absolute Gasteiger partial charge is 0.407 e. The van der Waals surface area contributed by atoms with Crippen LogP contribution in [0.2, 0.25) is 0 Å². The Morgan fingerprint density at radius 1 is 0.979 bits per heavy atom. The Hall–Kier alpha value is -5.33. The number of amides is 3. The zero-order valence-electron chi connectivity index (χ0n) is 27.8. The number of primary amides is 1. The number of ether oxygens (including phenoxy) is 1. The van der Waals surface area contributed by atoms with E-state index in [1.54, 1.807) is 35.2 Å². The van der Waals surface area contributed by atoms with E-state index in [9.17, 15) is 14.4 Å². The number of tetrazole rings is 1. The number of nitrogens with one attached hydrogen (secondary N) is 2. The number of nitrogens with zero attached hydrogens (tertiary/aromatic N) is 5. The fraction of sp³-hybridized carbons (Fsp3) is 0.400. The maximum absolute atomic E-state index is 14.4. The van der Waals surface area contributed by atoms with Crippen LogP contribution in [0, 0.1) is 18.8 Å². The van der Waals surface area contributed by atoms with E-state index in [4.69, 9.17) is 16.2 Å². The number of aromatic nitrogens is 5. The van der Waals surface area contributed by atoms with Crippen molar-refractivity contribution in [3.8, 4) is 22.5 Å². The minimum Gasteiger partial charge on any atom is -0.444 e. The van der Waals surface area contributed by atoms with Gasteiger partial charge in [0.2, 0.25) is 17.6 Å². The Bertz CT molecular complexity index is 1710. The summed E-state index contributed by atoms with van der Waals surface area (Å²) in [5.74, 6) is 0.00173. The number of nitrogen functional groups attached to an aromatic ring is 1. The predicted octanol–water partition coefficient (Wildman–Crippen LogP) is 4.58. The third-order valence-corrected chi connectivity index (χ3v) is 8.56. The fourth-order valence-electron chi connectivity index (χ4n) is 6.12. The molecule has 252 valence electrons. The summed E-state index contributed by atoms with van der Waals surface area (Å²) in [7, 11) is 0. The first-order valence-electron chi connectivity index (χ1n) is 16.1. The molecule has 48 heavy (non-hydrogen) atoms. The number of rotatable bonds is 10. The lowest BCUT2D eigenvalue weighted by Gasteiger charge is -2.36. The molecule has 0 bridgehead atoms. The molecule has 13 heteroatoms. The highest BCUT2D eigenvalue weighted by Crippen LogP contribution is 2.33. The van der Waals surface area contributed by atoms with Crippen molar-refractivity contribution in [1.29, 1.82) is 0 Å². The van der Waals surface area contributed by atoms with Gasteiger partial charge < -0.3 is 21.5 Å². The Morgan fingerprint density at radius 3 is 2.23 bits per heavy atom. The first-order valence-corrected chi connectivity index (χ1v) is 16.1. The van der Waals surface area contributed by atoms with Crippen molar-refractivity contribution in [3.05, 3.63) is 71.9 Å². The molecule has 5 rings (SSSR count). The molecule has 1 atom stereocenters. The lowest BCUT2D eigenvalue weighted by molar-refractivity contribution is -0.127. The Balaban J connectivity index is 1.35. The number of carbonyl (C=O) groups is 3. The molecule has 1 saturated carbocycles. The molecule has 1 aliphatic carbocycles. The monoisotopic (exact) mass is 653 g/mol. The van der Waals surface area contributed by atoms with Gasteiger partial charge in [-0.15, -0.1) is 10.2 Å². The van der Waals surface area contributed by atoms with Gasteiger partial charge in [0.1, 0.15) is 17.5 Å². The number of aromatic amines is 1. The second-order valence-corrected chi connectivity index (χ2v) is 13.3. The van der Waals surface area contributed by atoms with E-state index < -0.39 is 23.6 Å². The summed E-state index contributed by atoms with van der Waals surface area (Å²) >= 11 is 0. The lowest BCUT2D eigenvalue weighted by Crippen LogP contribution is -2.52. The van der Waals surface area contributed by atoms with Crippen molar-refractivity contribution in [3.63, 3.8) is 0 Å².